The van der Waals surface area contributed by atoms with Crippen molar-refractivity contribution in [2.75, 3.05) is 13.1 Å². The highest BCUT2D eigenvalue weighted by Gasteiger charge is 2.40. The summed E-state index contributed by atoms with van der Waals surface area (Å²) < 4.78 is 0. The van der Waals surface area contributed by atoms with Crippen LogP contribution in [0.2, 0.25) is 0 Å². The van der Waals surface area contributed by atoms with Gasteiger partial charge in [0.15, 0.2) is 0 Å². The molecule has 112 valence electrons. The van der Waals surface area contributed by atoms with Gasteiger partial charge in [0.1, 0.15) is 5.69 Å². The molecule has 8 heteroatoms. The number of likely N-dealkylation sites (tertiary alicyclic amines) is 1. The van der Waals surface area contributed by atoms with Crippen LogP contribution in [0.3, 0.4) is 0 Å². The predicted molar refractivity (Wildman–Crippen MR) is 69.5 cm³/mol. The van der Waals surface area contributed by atoms with Gasteiger partial charge in [-0.15, -0.1) is 0 Å². The summed E-state index contributed by atoms with van der Waals surface area (Å²) in [6.07, 6.45) is 2.89. The van der Waals surface area contributed by atoms with Crippen LogP contribution in [-0.4, -0.2) is 56.0 Å². The van der Waals surface area contributed by atoms with E-state index in [-0.39, 0.29) is 25.2 Å². The van der Waals surface area contributed by atoms with E-state index in [0.29, 0.717) is 5.69 Å². The van der Waals surface area contributed by atoms with E-state index in [1.54, 1.807) is 6.92 Å². The van der Waals surface area contributed by atoms with Gasteiger partial charge in [-0.25, -0.2) is 4.98 Å². The highest BCUT2D eigenvalue weighted by Crippen LogP contribution is 2.25. The third-order valence-corrected chi connectivity index (χ3v) is 3.53. The van der Waals surface area contributed by atoms with Gasteiger partial charge in [0.25, 0.3) is 5.91 Å². The number of hydrogen-bond acceptors (Lipinski definition) is 5. The molecule has 1 aliphatic heterocycles. The van der Waals surface area contributed by atoms with Crippen LogP contribution >= 0.6 is 0 Å². The first-order valence-corrected chi connectivity index (χ1v) is 6.43. The van der Waals surface area contributed by atoms with E-state index in [1.165, 1.54) is 17.3 Å². The van der Waals surface area contributed by atoms with Gasteiger partial charge in [0.2, 0.25) is 0 Å². The molecule has 21 heavy (non-hydrogen) atoms. The molecule has 2 heterocycles. The number of carbonyl (C=O) groups is 3. The molecule has 1 saturated heterocycles. The maximum Gasteiger partial charge on any atom is 0.309 e. The van der Waals surface area contributed by atoms with Gasteiger partial charge in [0, 0.05) is 19.3 Å². The molecule has 2 unspecified atom stereocenters. The third-order valence-electron chi connectivity index (χ3n) is 3.53. The standard InChI is InChI=1S/C13H15N3O5/c1-7-4-15-10(5-14-7)11(17)16-3-2-8(12(18)19)9(6-16)13(20)21/h4-5,8-9H,2-3,6H2,1H3,(H,18,19)(H,20,21). The lowest BCUT2D eigenvalue weighted by atomic mass is 9.85. The number of aromatic nitrogens is 2. The maximum absolute atomic E-state index is 12.2. The molecule has 1 fully saturated rings. The van der Waals surface area contributed by atoms with E-state index in [1.807, 2.05) is 0 Å². The van der Waals surface area contributed by atoms with Crippen LogP contribution in [0.4, 0.5) is 0 Å². The molecule has 1 aliphatic rings. The molecule has 0 bridgehead atoms. The molecule has 8 nitrogen and oxygen atoms in total. The molecular weight excluding hydrogens is 278 g/mol. The highest BCUT2D eigenvalue weighted by atomic mass is 16.4. The van der Waals surface area contributed by atoms with E-state index in [0.717, 1.165) is 0 Å². The van der Waals surface area contributed by atoms with Crippen LogP contribution in [0.1, 0.15) is 22.6 Å². The fourth-order valence-corrected chi connectivity index (χ4v) is 2.35. The molecule has 0 radical (unpaired) electrons. The molecule has 1 aromatic heterocycles. The first-order valence-electron chi connectivity index (χ1n) is 6.43. The second-order valence-corrected chi connectivity index (χ2v) is 4.97. The normalized spacial score (nSPS) is 21.9. The van der Waals surface area contributed by atoms with Crippen molar-refractivity contribution in [1.82, 2.24) is 14.9 Å². The summed E-state index contributed by atoms with van der Waals surface area (Å²) in [4.78, 5) is 43.7. The summed E-state index contributed by atoms with van der Waals surface area (Å²) in [5, 5.41) is 18.2. The van der Waals surface area contributed by atoms with Crippen molar-refractivity contribution in [2.45, 2.75) is 13.3 Å². The summed E-state index contributed by atoms with van der Waals surface area (Å²) in [5.41, 5.74) is 0.790. The second-order valence-electron chi connectivity index (χ2n) is 4.97. The summed E-state index contributed by atoms with van der Waals surface area (Å²) in [5.74, 6) is -4.88. The number of aryl methyl sites for hydroxylation is 1. The van der Waals surface area contributed by atoms with Crippen LogP contribution < -0.4 is 0 Å². The Morgan fingerprint density at radius 3 is 2.33 bits per heavy atom. The SMILES string of the molecule is Cc1cnc(C(=O)N2CCC(C(=O)O)C(C(=O)O)C2)cn1. The van der Waals surface area contributed by atoms with Crippen molar-refractivity contribution in [3.63, 3.8) is 0 Å². The molecule has 1 aromatic rings. The molecule has 2 N–H and O–H groups in total. The van der Waals surface area contributed by atoms with Crippen LogP contribution in [0.5, 0.6) is 0 Å². The van der Waals surface area contributed by atoms with Crippen molar-refractivity contribution >= 4 is 17.8 Å². The molecular formula is C13H15N3O5. The highest BCUT2D eigenvalue weighted by molar-refractivity contribution is 5.92. The Bertz CT molecular complexity index is 572. The average Bonchev–Trinajstić information content (AvgIpc) is 2.46. The zero-order valence-corrected chi connectivity index (χ0v) is 11.4. The summed E-state index contributed by atoms with van der Waals surface area (Å²) >= 11 is 0. The number of amides is 1. The van der Waals surface area contributed by atoms with Crippen molar-refractivity contribution in [3.8, 4) is 0 Å². The average molecular weight is 293 g/mol. The van der Waals surface area contributed by atoms with Gasteiger partial charge >= 0.3 is 11.9 Å². The molecule has 0 aliphatic carbocycles. The van der Waals surface area contributed by atoms with Gasteiger partial charge in [-0.3, -0.25) is 19.4 Å². The third kappa shape index (κ3) is 3.15. The lowest BCUT2D eigenvalue weighted by Crippen LogP contribution is -2.48. The number of hydrogen-bond donors (Lipinski definition) is 2. The Hall–Kier alpha value is -2.51. The van der Waals surface area contributed by atoms with Gasteiger partial charge in [-0.1, -0.05) is 0 Å². The van der Waals surface area contributed by atoms with Gasteiger partial charge in [-0.2, -0.15) is 0 Å². The van der Waals surface area contributed by atoms with Gasteiger partial charge in [-0.05, 0) is 13.3 Å². The van der Waals surface area contributed by atoms with E-state index >= 15 is 0 Å². The van der Waals surface area contributed by atoms with E-state index in [4.69, 9.17) is 10.2 Å². The zero-order chi connectivity index (χ0) is 15.6. The minimum atomic E-state index is -1.21. The Morgan fingerprint density at radius 2 is 1.81 bits per heavy atom. The largest absolute Gasteiger partial charge is 0.481 e. The van der Waals surface area contributed by atoms with Crippen molar-refractivity contribution in [1.29, 1.82) is 0 Å². The number of carboxylic acids is 2. The second kappa shape index (κ2) is 5.86. The Balaban J connectivity index is 2.15. The fraction of sp³-hybridized carbons (Fsp3) is 0.462. The lowest BCUT2D eigenvalue weighted by Gasteiger charge is -2.34. The van der Waals surface area contributed by atoms with Crippen molar-refractivity contribution in [3.05, 3.63) is 23.8 Å². The Labute approximate surface area is 120 Å². The number of aliphatic carboxylic acids is 2. The summed E-state index contributed by atoms with van der Waals surface area (Å²) in [6, 6.07) is 0. The number of carbonyl (C=O) groups excluding carboxylic acids is 1. The van der Waals surface area contributed by atoms with Crippen molar-refractivity contribution < 1.29 is 24.6 Å². The van der Waals surface area contributed by atoms with Crippen LogP contribution in [0, 0.1) is 18.8 Å². The van der Waals surface area contributed by atoms with Crippen LogP contribution in [0.15, 0.2) is 12.4 Å². The number of rotatable bonds is 3. The lowest BCUT2D eigenvalue weighted by molar-refractivity contribution is -0.156. The first kappa shape index (κ1) is 14.9. The monoisotopic (exact) mass is 293 g/mol. The van der Waals surface area contributed by atoms with E-state index in [2.05, 4.69) is 9.97 Å². The number of nitrogens with zero attached hydrogens (tertiary/aromatic N) is 3. The van der Waals surface area contributed by atoms with E-state index < -0.39 is 29.7 Å². The van der Waals surface area contributed by atoms with Gasteiger partial charge < -0.3 is 15.1 Å². The minimum absolute atomic E-state index is 0.108. The number of carboxylic acid groups (broad SMARTS) is 2. The molecule has 2 atom stereocenters. The van der Waals surface area contributed by atoms with Gasteiger partial charge in [0.05, 0.1) is 23.7 Å². The van der Waals surface area contributed by atoms with Crippen molar-refractivity contribution in [2.24, 2.45) is 11.8 Å². The van der Waals surface area contributed by atoms with E-state index in [9.17, 15) is 14.4 Å². The molecule has 0 aromatic carbocycles. The van der Waals surface area contributed by atoms with Crippen LogP contribution in [0.25, 0.3) is 0 Å². The molecule has 1 amide bonds. The van der Waals surface area contributed by atoms with Crippen LogP contribution in [-0.2, 0) is 9.59 Å². The smallest absolute Gasteiger partial charge is 0.309 e. The predicted octanol–water partition coefficient (Wildman–Crippen LogP) is 0.0325. The fourth-order valence-electron chi connectivity index (χ4n) is 2.35. The minimum Gasteiger partial charge on any atom is -0.481 e. The number of piperidine rings is 1. The molecule has 2 rings (SSSR count). The first-order chi connectivity index (χ1) is 9.90. The molecule has 0 spiro atoms. The quantitative estimate of drug-likeness (QED) is 0.806. The Morgan fingerprint density at radius 1 is 1.14 bits per heavy atom. The Kier molecular flexibility index (Phi) is 4.15. The topological polar surface area (TPSA) is 121 Å². The molecule has 0 saturated carbocycles. The summed E-state index contributed by atoms with van der Waals surface area (Å²) in [6.45, 7) is 1.79. The zero-order valence-electron chi connectivity index (χ0n) is 11.4. The summed E-state index contributed by atoms with van der Waals surface area (Å²) in [7, 11) is 0. The maximum atomic E-state index is 12.2.